The lowest BCUT2D eigenvalue weighted by Crippen LogP contribution is -2.25. The molecule has 5 heteroatoms. The molecular weight excluding hydrogens is 247 g/mol. The number of likely N-dealkylation sites (tertiary alicyclic amines) is 1. The van der Waals surface area contributed by atoms with Crippen molar-refractivity contribution < 1.29 is 13.9 Å². The summed E-state index contributed by atoms with van der Waals surface area (Å²) in [6, 6.07) is 5.18. The number of carbonyl (C=O) groups excluding carboxylic acids is 1. The number of carbonyl (C=O) groups is 1. The van der Waals surface area contributed by atoms with Crippen molar-refractivity contribution in [1.82, 2.24) is 4.90 Å². The van der Waals surface area contributed by atoms with Gasteiger partial charge in [-0.3, -0.25) is 4.79 Å². The third-order valence-corrected chi connectivity index (χ3v) is 3.72. The first-order valence-corrected chi connectivity index (χ1v) is 6.29. The van der Waals surface area contributed by atoms with Crippen molar-refractivity contribution in [1.29, 1.82) is 5.26 Å². The number of ether oxygens (including phenoxy) is 1. The maximum atomic E-state index is 14.1. The number of nitriles is 1. The molecule has 1 unspecified atom stereocenters. The van der Waals surface area contributed by atoms with Crippen molar-refractivity contribution in [2.24, 2.45) is 0 Å². The molecular formula is C14H13FN2O2. The summed E-state index contributed by atoms with van der Waals surface area (Å²) in [6.07, 6.45) is 1.06. The maximum absolute atomic E-state index is 14.1. The van der Waals surface area contributed by atoms with Crippen LogP contribution in [-0.4, -0.2) is 30.5 Å². The van der Waals surface area contributed by atoms with E-state index in [0.29, 0.717) is 24.5 Å². The molecule has 0 aromatic heterocycles. The first kappa shape index (κ1) is 12.0. The average molecular weight is 260 g/mol. The van der Waals surface area contributed by atoms with E-state index in [-0.39, 0.29) is 30.6 Å². The minimum Gasteiger partial charge on any atom is -0.493 e. The van der Waals surface area contributed by atoms with Crippen LogP contribution >= 0.6 is 0 Å². The standard InChI is InChI=1S/C14H13FN2O2/c15-12-7-13-9(1-4-19-13)5-11(12)10-6-14(18)17(8-10)3-2-16/h5,7,10H,1,3-4,6,8H2. The van der Waals surface area contributed by atoms with E-state index in [1.165, 1.54) is 11.0 Å². The van der Waals surface area contributed by atoms with Crippen molar-refractivity contribution in [2.75, 3.05) is 19.7 Å². The lowest BCUT2D eigenvalue weighted by atomic mass is 9.95. The molecule has 1 aromatic carbocycles. The van der Waals surface area contributed by atoms with Crippen molar-refractivity contribution in [3.8, 4) is 11.8 Å². The topological polar surface area (TPSA) is 53.3 Å². The summed E-state index contributed by atoms with van der Waals surface area (Å²) >= 11 is 0. The molecule has 0 bridgehead atoms. The molecule has 0 N–H and O–H groups in total. The van der Waals surface area contributed by atoms with E-state index < -0.39 is 0 Å². The second kappa shape index (κ2) is 4.54. The molecule has 2 heterocycles. The van der Waals surface area contributed by atoms with Gasteiger partial charge in [-0.25, -0.2) is 4.39 Å². The molecule has 2 aliphatic heterocycles. The van der Waals surface area contributed by atoms with E-state index in [1.807, 2.05) is 12.1 Å². The fraction of sp³-hybridized carbons (Fsp3) is 0.429. The molecule has 98 valence electrons. The normalized spacial score (nSPS) is 21.2. The third kappa shape index (κ3) is 2.03. The van der Waals surface area contributed by atoms with Crippen molar-refractivity contribution in [2.45, 2.75) is 18.8 Å². The molecule has 0 radical (unpaired) electrons. The number of nitrogens with zero attached hydrogens (tertiary/aromatic N) is 2. The van der Waals surface area contributed by atoms with Gasteiger partial charge in [0.15, 0.2) is 0 Å². The van der Waals surface area contributed by atoms with E-state index in [1.54, 1.807) is 0 Å². The quantitative estimate of drug-likeness (QED) is 0.759. The number of amides is 1. The van der Waals surface area contributed by atoms with Gasteiger partial charge in [0.05, 0.1) is 12.7 Å². The minimum absolute atomic E-state index is 0.0744. The summed E-state index contributed by atoms with van der Waals surface area (Å²) in [5, 5.41) is 8.65. The fourth-order valence-corrected chi connectivity index (χ4v) is 2.75. The fourth-order valence-electron chi connectivity index (χ4n) is 2.75. The highest BCUT2D eigenvalue weighted by molar-refractivity contribution is 5.80. The minimum atomic E-state index is -0.322. The summed E-state index contributed by atoms with van der Waals surface area (Å²) in [5.41, 5.74) is 1.57. The molecule has 2 aliphatic rings. The largest absolute Gasteiger partial charge is 0.493 e. The molecule has 1 atom stereocenters. The van der Waals surface area contributed by atoms with Gasteiger partial charge in [-0.15, -0.1) is 0 Å². The molecule has 4 nitrogen and oxygen atoms in total. The van der Waals surface area contributed by atoms with Crippen LogP contribution in [-0.2, 0) is 11.2 Å². The first-order chi connectivity index (χ1) is 9.19. The Morgan fingerprint density at radius 3 is 3.16 bits per heavy atom. The Morgan fingerprint density at radius 1 is 1.53 bits per heavy atom. The molecule has 19 heavy (non-hydrogen) atoms. The lowest BCUT2D eigenvalue weighted by Gasteiger charge is -2.14. The Kier molecular flexibility index (Phi) is 2.86. The second-order valence-electron chi connectivity index (χ2n) is 4.91. The van der Waals surface area contributed by atoms with Gasteiger partial charge in [0.25, 0.3) is 0 Å². The Morgan fingerprint density at radius 2 is 2.37 bits per heavy atom. The molecule has 0 saturated carbocycles. The molecule has 1 saturated heterocycles. The highest BCUT2D eigenvalue weighted by Crippen LogP contribution is 2.35. The summed E-state index contributed by atoms with van der Waals surface area (Å²) in [6.45, 7) is 1.08. The second-order valence-corrected chi connectivity index (χ2v) is 4.91. The molecule has 1 amide bonds. The number of hydrogen-bond acceptors (Lipinski definition) is 3. The number of halogens is 1. The number of fused-ring (bicyclic) bond motifs is 1. The van der Waals surface area contributed by atoms with Gasteiger partial charge in [-0.05, 0) is 17.2 Å². The van der Waals surface area contributed by atoms with Crippen molar-refractivity contribution >= 4 is 5.91 Å². The SMILES string of the molecule is N#CCN1CC(c2cc3c(cc2F)OCC3)CC1=O. The van der Waals surface area contributed by atoms with E-state index in [0.717, 1.165) is 12.0 Å². The van der Waals surface area contributed by atoms with Gasteiger partial charge >= 0.3 is 0 Å². The van der Waals surface area contributed by atoms with E-state index in [4.69, 9.17) is 10.00 Å². The highest BCUT2D eigenvalue weighted by Gasteiger charge is 2.32. The van der Waals surface area contributed by atoms with Crippen molar-refractivity contribution in [3.63, 3.8) is 0 Å². The zero-order valence-corrected chi connectivity index (χ0v) is 10.4. The summed E-state index contributed by atoms with van der Waals surface area (Å²) in [5.74, 6) is 0.0474. The van der Waals surface area contributed by atoms with Crippen molar-refractivity contribution in [3.05, 3.63) is 29.1 Å². The van der Waals surface area contributed by atoms with Gasteiger partial charge in [0, 0.05) is 31.4 Å². The van der Waals surface area contributed by atoms with Crippen LogP contribution in [0.1, 0.15) is 23.5 Å². The first-order valence-electron chi connectivity index (χ1n) is 6.29. The van der Waals surface area contributed by atoms with Gasteiger partial charge < -0.3 is 9.64 Å². The number of rotatable bonds is 2. The summed E-state index contributed by atoms with van der Waals surface area (Å²) < 4.78 is 19.4. The average Bonchev–Trinajstić information content (AvgIpc) is 2.96. The van der Waals surface area contributed by atoms with Crippen LogP contribution in [0.15, 0.2) is 12.1 Å². The van der Waals surface area contributed by atoms with Gasteiger partial charge in [-0.1, -0.05) is 0 Å². The zero-order valence-electron chi connectivity index (χ0n) is 10.4. The Hall–Kier alpha value is -2.09. The van der Waals surface area contributed by atoms with Crippen LogP contribution in [0.25, 0.3) is 0 Å². The van der Waals surface area contributed by atoms with Crippen LogP contribution in [0.4, 0.5) is 4.39 Å². The van der Waals surface area contributed by atoms with Crippen LogP contribution in [0.5, 0.6) is 5.75 Å². The molecule has 1 aromatic rings. The van der Waals surface area contributed by atoms with Crippen LogP contribution in [0.3, 0.4) is 0 Å². The summed E-state index contributed by atoms with van der Waals surface area (Å²) in [4.78, 5) is 13.2. The van der Waals surface area contributed by atoms with Gasteiger partial charge in [0.2, 0.25) is 5.91 Å². The Bertz CT molecular complexity index is 580. The van der Waals surface area contributed by atoms with E-state index in [2.05, 4.69) is 0 Å². The summed E-state index contributed by atoms with van der Waals surface area (Å²) in [7, 11) is 0. The maximum Gasteiger partial charge on any atom is 0.224 e. The van der Waals surface area contributed by atoms with E-state index in [9.17, 15) is 9.18 Å². The predicted molar refractivity (Wildman–Crippen MR) is 65.2 cm³/mol. The Balaban J connectivity index is 1.88. The van der Waals surface area contributed by atoms with Gasteiger partial charge in [0.1, 0.15) is 18.1 Å². The van der Waals surface area contributed by atoms with Gasteiger partial charge in [-0.2, -0.15) is 5.26 Å². The smallest absolute Gasteiger partial charge is 0.224 e. The predicted octanol–water partition coefficient (Wildman–Crippen LogP) is 1.60. The molecule has 3 rings (SSSR count). The number of benzene rings is 1. The van der Waals surface area contributed by atoms with Crippen LogP contribution in [0, 0.1) is 17.1 Å². The molecule has 0 aliphatic carbocycles. The Labute approximate surface area is 110 Å². The highest BCUT2D eigenvalue weighted by atomic mass is 19.1. The number of hydrogen-bond donors (Lipinski definition) is 0. The lowest BCUT2D eigenvalue weighted by molar-refractivity contribution is -0.127. The zero-order chi connectivity index (χ0) is 13.4. The third-order valence-electron chi connectivity index (χ3n) is 3.72. The van der Waals surface area contributed by atoms with E-state index >= 15 is 0 Å². The molecule has 0 spiro atoms. The van der Waals surface area contributed by atoms with Crippen LogP contribution < -0.4 is 4.74 Å². The monoisotopic (exact) mass is 260 g/mol. The molecule has 1 fully saturated rings. The van der Waals surface area contributed by atoms with Crippen LogP contribution in [0.2, 0.25) is 0 Å².